The lowest BCUT2D eigenvalue weighted by atomic mass is 10.1. The fraction of sp³-hybridized carbons (Fsp3) is 0.0870. The summed E-state index contributed by atoms with van der Waals surface area (Å²) >= 11 is 0. The predicted octanol–water partition coefficient (Wildman–Crippen LogP) is 3.25. The van der Waals surface area contributed by atoms with E-state index in [9.17, 15) is 14.4 Å². The number of amides is 3. The second-order valence-electron chi connectivity index (χ2n) is 6.71. The van der Waals surface area contributed by atoms with E-state index in [1.165, 1.54) is 18.2 Å². The number of rotatable bonds is 7. The van der Waals surface area contributed by atoms with Gasteiger partial charge < -0.3 is 21.5 Å². The van der Waals surface area contributed by atoms with Crippen LogP contribution >= 0.6 is 0 Å². The molecule has 0 radical (unpaired) electrons. The highest BCUT2D eigenvalue weighted by molar-refractivity contribution is 6.07. The summed E-state index contributed by atoms with van der Waals surface area (Å²) in [7, 11) is 0. The van der Waals surface area contributed by atoms with Crippen LogP contribution in [0.15, 0.2) is 72.8 Å². The molecule has 3 rings (SSSR count). The maximum Gasteiger partial charge on any atom is 0.411 e. The Morgan fingerprint density at radius 1 is 0.774 bits per heavy atom. The van der Waals surface area contributed by atoms with Crippen LogP contribution in [0.3, 0.4) is 0 Å². The van der Waals surface area contributed by atoms with Gasteiger partial charge >= 0.3 is 6.09 Å². The van der Waals surface area contributed by atoms with Crippen LogP contribution in [-0.2, 0) is 17.9 Å². The van der Waals surface area contributed by atoms with E-state index in [0.717, 1.165) is 11.1 Å². The molecule has 3 amide bonds. The molecule has 0 saturated carbocycles. The van der Waals surface area contributed by atoms with Gasteiger partial charge in [0, 0.05) is 29.0 Å². The molecular weight excluding hydrogens is 396 g/mol. The molecule has 0 atom stereocenters. The zero-order valence-electron chi connectivity index (χ0n) is 16.6. The molecule has 0 heterocycles. The van der Waals surface area contributed by atoms with Gasteiger partial charge in [-0.15, -0.1) is 0 Å². The molecule has 8 heteroatoms. The van der Waals surface area contributed by atoms with Gasteiger partial charge in [0.05, 0.1) is 0 Å². The average molecular weight is 418 g/mol. The molecule has 6 N–H and O–H groups in total. The quantitative estimate of drug-likeness (QED) is 0.467. The third-order valence-corrected chi connectivity index (χ3v) is 4.36. The molecule has 0 aliphatic carbocycles. The SMILES string of the molecule is NCc1cccc(NC(=O)c2cc(NC(=O)OCc3ccccc3)cc(C(N)=O)c2)c1. The first-order valence-corrected chi connectivity index (χ1v) is 9.47. The summed E-state index contributed by atoms with van der Waals surface area (Å²) in [5.74, 6) is -1.21. The lowest BCUT2D eigenvalue weighted by Crippen LogP contribution is -2.18. The molecule has 0 spiro atoms. The van der Waals surface area contributed by atoms with Gasteiger partial charge in [-0.05, 0) is 41.5 Å². The topological polar surface area (TPSA) is 137 Å². The van der Waals surface area contributed by atoms with Crippen molar-refractivity contribution in [1.82, 2.24) is 0 Å². The number of anilines is 2. The largest absolute Gasteiger partial charge is 0.444 e. The highest BCUT2D eigenvalue weighted by atomic mass is 16.5. The van der Waals surface area contributed by atoms with Crippen LogP contribution in [0.2, 0.25) is 0 Å². The minimum absolute atomic E-state index is 0.0710. The minimum Gasteiger partial charge on any atom is -0.444 e. The van der Waals surface area contributed by atoms with Crippen LogP contribution in [0.5, 0.6) is 0 Å². The molecule has 0 saturated heterocycles. The van der Waals surface area contributed by atoms with Crippen molar-refractivity contribution in [2.45, 2.75) is 13.2 Å². The van der Waals surface area contributed by atoms with Crippen LogP contribution in [0.4, 0.5) is 16.2 Å². The second kappa shape index (κ2) is 10.0. The molecule has 8 nitrogen and oxygen atoms in total. The van der Waals surface area contributed by atoms with Crippen LogP contribution < -0.4 is 22.1 Å². The summed E-state index contributed by atoms with van der Waals surface area (Å²) in [5, 5.41) is 5.26. The van der Waals surface area contributed by atoms with Crippen molar-refractivity contribution in [3.63, 3.8) is 0 Å². The number of carbonyl (C=O) groups excluding carboxylic acids is 3. The van der Waals surface area contributed by atoms with Crippen LogP contribution in [0.1, 0.15) is 31.8 Å². The highest BCUT2D eigenvalue weighted by Gasteiger charge is 2.14. The van der Waals surface area contributed by atoms with Crippen LogP contribution in [0.25, 0.3) is 0 Å². The van der Waals surface area contributed by atoms with Crippen molar-refractivity contribution in [1.29, 1.82) is 0 Å². The second-order valence-corrected chi connectivity index (χ2v) is 6.71. The summed E-state index contributed by atoms with van der Waals surface area (Å²) in [6.45, 7) is 0.410. The number of primary amides is 1. The van der Waals surface area contributed by atoms with E-state index in [0.29, 0.717) is 12.2 Å². The lowest BCUT2D eigenvalue weighted by molar-refractivity contribution is 0.1000. The van der Waals surface area contributed by atoms with E-state index in [1.807, 2.05) is 36.4 Å². The molecule has 0 bridgehead atoms. The van der Waals surface area contributed by atoms with E-state index in [2.05, 4.69) is 10.6 Å². The Hall–Kier alpha value is -4.17. The molecule has 3 aromatic carbocycles. The van der Waals surface area contributed by atoms with Gasteiger partial charge in [-0.3, -0.25) is 14.9 Å². The molecule has 0 aliphatic rings. The summed E-state index contributed by atoms with van der Waals surface area (Å²) in [5.41, 5.74) is 13.7. The summed E-state index contributed by atoms with van der Waals surface area (Å²) in [6.07, 6.45) is -0.729. The molecule has 0 aromatic heterocycles. The minimum atomic E-state index is -0.736. The standard InChI is InChI=1S/C23H22N4O4/c24-13-16-7-4-8-19(9-16)26-22(29)18-10-17(21(25)28)11-20(12-18)27-23(30)31-14-15-5-2-1-3-6-15/h1-12H,13-14,24H2,(H2,25,28)(H,26,29)(H,27,30). The van der Waals surface area contributed by atoms with Crippen molar-refractivity contribution >= 4 is 29.3 Å². The van der Waals surface area contributed by atoms with Crippen LogP contribution in [-0.4, -0.2) is 17.9 Å². The van der Waals surface area contributed by atoms with E-state index < -0.39 is 17.9 Å². The first kappa shape index (κ1) is 21.5. The van der Waals surface area contributed by atoms with Crippen LogP contribution in [0, 0.1) is 0 Å². The van der Waals surface area contributed by atoms with Gasteiger partial charge in [0.1, 0.15) is 6.61 Å². The van der Waals surface area contributed by atoms with Gasteiger partial charge in [-0.1, -0.05) is 42.5 Å². The fourth-order valence-corrected chi connectivity index (χ4v) is 2.83. The Morgan fingerprint density at radius 3 is 2.19 bits per heavy atom. The predicted molar refractivity (Wildman–Crippen MR) is 117 cm³/mol. The van der Waals surface area contributed by atoms with Gasteiger partial charge in [0.25, 0.3) is 5.91 Å². The van der Waals surface area contributed by atoms with E-state index in [4.69, 9.17) is 16.2 Å². The number of ether oxygens (including phenoxy) is 1. The van der Waals surface area contributed by atoms with Crippen molar-refractivity contribution < 1.29 is 19.1 Å². The third-order valence-electron chi connectivity index (χ3n) is 4.36. The Morgan fingerprint density at radius 2 is 1.48 bits per heavy atom. The molecule has 0 unspecified atom stereocenters. The highest BCUT2D eigenvalue weighted by Crippen LogP contribution is 2.18. The maximum atomic E-state index is 12.7. The summed E-state index contributed by atoms with van der Waals surface area (Å²) in [4.78, 5) is 36.5. The lowest BCUT2D eigenvalue weighted by Gasteiger charge is -2.11. The summed E-state index contributed by atoms with van der Waals surface area (Å²) < 4.78 is 5.18. The van der Waals surface area contributed by atoms with Gasteiger partial charge in [0.2, 0.25) is 5.91 Å². The first-order chi connectivity index (χ1) is 14.9. The smallest absolute Gasteiger partial charge is 0.411 e. The maximum absolute atomic E-state index is 12.7. The Bertz CT molecular complexity index is 1100. The number of hydrogen-bond donors (Lipinski definition) is 4. The number of hydrogen-bond acceptors (Lipinski definition) is 5. The monoisotopic (exact) mass is 418 g/mol. The number of nitrogens with one attached hydrogen (secondary N) is 2. The van der Waals surface area contributed by atoms with Crippen molar-refractivity contribution in [3.8, 4) is 0 Å². The molecule has 0 aliphatic heterocycles. The molecule has 158 valence electrons. The number of benzene rings is 3. The van der Waals surface area contributed by atoms with E-state index in [-0.39, 0.29) is 23.4 Å². The van der Waals surface area contributed by atoms with Crippen molar-refractivity contribution in [2.24, 2.45) is 11.5 Å². The number of nitrogens with two attached hydrogens (primary N) is 2. The Kier molecular flexibility index (Phi) is 6.97. The summed E-state index contributed by atoms with van der Waals surface area (Å²) in [6, 6.07) is 20.4. The molecule has 0 fully saturated rings. The van der Waals surface area contributed by atoms with Gasteiger partial charge in [-0.25, -0.2) is 4.79 Å². The van der Waals surface area contributed by atoms with Crippen molar-refractivity contribution in [3.05, 3.63) is 95.1 Å². The third kappa shape index (κ3) is 6.15. The molecule has 3 aromatic rings. The molecular formula is C23H22N4O4. The molecule has 31 heavy (non-hydrogen) atoms. The fourth-order valence-electron chi connectivity index (χ4n) is 2.83. The average Bonchev–Trinajstić information content (AvgIpc) is 2.78. The Labute approximate surface area is 179 Å². The first-order valence-electron chi connectivity index (χ1n) is 9.47. The van der Waals surface area contributed by atoms with Gasteiger partial charge in [0.15, 0.2) is 0 Å². The Balaban J connectivity index is 1.74. The zero-order valence-corrected chi connectivity index (χ0v) is 16.6. The zero-order chi connectivity index (χ0) is 22.2. The van der Waals surface area contributed by atoms with Crippen molar-refractivity contribution in [2.75, 3.05) is 10.6 Å². The normalized spacial score (nSPS) is 10.2. The van der Waals surface area contributed by atoms with E-state index >= 15 is 0 Å². The van der Waals surface area contributed by atoms with E-state index in [1.54, 1.807) is 18.2 Å². The number of carbonyl (C=O) groups is 3. The van der Waals surface area contributed by atoms with Gasteiger partial charge in [-0.2, -0.15) is 0 Å².